The molecule has 0 radical (unpaired) electrons. The maximum Gasteiger partial charge on any atom is 0.255 e. The molecule has 1 unspecified atom stereocenters. The van der Waals surface area contributed by atoms with Crippen LogP contribution in [0.15, 0.2) is 23.0 Å². The standard InChI is InChI=1S/C21H28N4O4/c1-15-11-17(13-22-12-15)21(26)25-7-2-3-18(14-25)28-10-6-19-23-20(29-24-19)16-4-8-27-9-5-16/h11-13,16,18H,2-10,14H2,1H3. The highest BCUT2D eigenvalue weighted by atomic mass is 16.5. The van der Waals surface area contributed by atoms with Gasteiger partial charge in [-0.1, -0.05) is 5.16 Å². The summed E-state index contributed by atoms with van der Waals surface area (Å²) in [6.07, 6.45) is 7.78. The topological polar surface area (TPSA) is 90.6 Å². The Bertz CT molecular complexity index is 819. The molecule has 1 atom stereocenters. The summed E-state index contributed by atoms with van der Waals surface area (Å²) in [5.41, 5.74) is 1.62. The van der Waals surface area contributed by atoms with Crippen LogP contribution in [0.1, 0.15) is 59.2 Å². The minimum atomic E-state index is 0.0220. The molecule has 2 saturated heterocycles. The zero-order chi connectivity index (χ0) is 20.1. The first kappa shape index (κ1) is 20.0. The maximum atomic E-state index is 12.7. The molecule has 0 N–H and O–H groups in total. The van der Waals surface area contributed by atoms with Gasteiger partial charge < -0.3 is 18.9 Å². The van der Waals surface area contributed by atoms with E-state index in [1.165, 1.54) is 0 Å². The molecule has 0 spiro atoms. The minimum Gasteiger partial charge on any atom is -0.381 e. The fourth-order valence-electron chi connectivity index (χ4n) is 3.91. The maximum absolute atomic E-state index is 12.7. The average molecular weight is 400 g/mol. The van der Waals surface area contributed by atoms with Gasteiger partial charge >= 0.3 is 0 Å². The predicted octanol–water partition coefficient (Wildman–Crippen LogP) is 2.53. The van der Waals surface area contributed by atoms with Gasteiger partial charge in [-0.15, -0.1) is 0 Å². The Balaban J connectivity index is 1.25. The third kappa shape index (κ3) is 5.19. The molecule has 8 nitrogen and oxygen atoms in total. The lowest BCUT2D eigenvalue weighted by Gasteiger charge is -2.32. The van der Waals surface area contributed by atoms with Crippen molar-refractivity contribution in [3.05, 3.63) is 41.3 Å². The van der Waals surface area contributed by atoms with Crippen LogP contribution in [-0.2, 0) is 15.9 Å². The molecular formula is C21H28N4O4. The van der Waals surface area contributed by atoms with E-state index in [4.69, 9.17) is 14.0 Å². The van der Waals surface area contributed by atoms with Crippen molar-refractivity contribution in [3.8, 4) is 0 Å². The molecule has 8 heteroatoms. The van der Waals surface area contributed by atoms with Gasteiger partial charge in [0.05, 0.1) is 18.3 Å². The molecule has 0 aliphatic carbocycles. The Labute approximate surface area is 170 Å². The lowest BCUT2D eigenvalue weighted by molar-refractivity contribution is 0.00249. The van der Waals surface area contributed by atoms with E-state index in [1.807, 2.05) is 17.9 Å². The molecule has 29 heavy (non-hydrogen) atoms. The lowest BCUT2D eigenvalue weighted by atomic mass is 10.0. The van der Waals surface area contributed by atoms with Crippen molar-refractivity contribution in [3.63, 3.8) is 0 Å². The van der Waals surface area contributed by atoms with E-state index in [0.29, 0.717) is 42.8 Å². The summed E-state index contributed by atoms with van der Waals surface area (Å²) in [6, 6.07) is 1.88. The number of likely N-dealkylation sites (tertiary alicyclic amines) is 1. The minimum absolute atomic E-state index is 0.0220. The number of aromatic nitrogens is 3. The van der Waals surface area contributed by atoms with E-state index in [-0.39, 0.29) is 12.0 Å². The summed E-state index contributed by atoms with van der Waals surface area (Å²) in [5, 5.41) is 4.09. The second kappa shape index (κ2) is 9.45. The number of amides is 1. The highest BCUT2D eigenvalue weighted by Gasteiger charge is 2.26. The van der Waals surface area contributed by atoms with Crippen molar-refractivity contribution < 1.29 is 18.8 Å². The molecule has 2 aliphatic rings. The molecule has 2 fully saturated rings. The number of pyridine rings is 1. The summed E-state index contributed by atoms with van der Waals surface area (Å²) in [6.45, 7) is 5.32. The summed E-state index contributed by atoms with van der Waals surface area (Å²) in [5.74, 6) is 1.72. The number of nitrogens with zero attached hydrogens (tertiary/aromatic N) is 4. The van der Waals surface area contributed by atoms with Gasteiger partial charge in [-0.25, -0.2) is 0 Å². The summed E-state index contributed by atoms with van der Waals surface area (Å²) >= 11 is 0. The number of ether oxygens (including phenoxy) is 2. The SMILES string of the molecule is Cc1cncc(C(=O)N2CCCC(OCCc3noc(C4CCOCC4)n3)C2)c1. The molecule has 0 aromatic carbocycles. The van der Waals surface area contributed by atoms with Crippen molar-refractivity contribution in [2.75, 3.05) is 32.9 Å². The van der Waals surface area contributed by atoms with E-state index >= 15 is 0 Å². The Morgan fingerprint density at radius 2 is 2.14 bits per heavy atom. The van der Waals surface area contributed by atoms with E-state index in [9.17, 15) is 4.79 Å². The van der Waals surface area contributed by atoms with E-state index in [0.717, 1.165) is 51.0 Å². The van der Waals surface area contributed by atoms with Crippen molar-refractivity contribution in [2.45, 2.75) is 51.0 Å². The third-order valence-corrected chi connectivity index (χ3v) is 5.52. The lowest BCUT2D eigenvalue weighted by Crippen LogP contribution is -2.43. The second-order valence-corrected chi connectivity index (χ2v) is 7.82. The van der Waals surface area contributed by atoms with Gasteiger partial charge in [0.2, 0.25) is 5.89 Å². The number of aryl methyl sites for hydroxylation is 1. The van der Waals surface area contributed by atoms with Crippen LogP contribution in [0.25, 0.3) is 0 Å². The second-order valence-electron chi connectivity index (χ2n) is 7.82. The first-order valence-corrected chi connectivity index (χ1v) is 10.4. The molecule has 2 aromatic rings. The Morgan fingerprint density at radius 1 is 1.28 bits per heavy atom. The molecule has 2 aliphatic heterocycles. The molecule has 0 bridgehead atoms. The fraction of sp³-hybridized carbons (Fsp3) is 0.619. The molecule has 156 valence electrons. The fourth-order valence-corrected chi connectivity index (χ4v) is 3.91. The van der Waals surface area contributed by atoms with Crippen LogP contribution in [-0.4, -0.2) is 64.9 Å². The highest BCUT2D eigenvalue weighted by molar-refractivity contribution is 5.94. The third-order valence-electron chi connectivity index (χ3n) is 5.52. The molecule has 0 saturated carbocycles. The van der Waals surface area contributed by atoms with Gasteiger partial charge in [-0.2, -0.15) is 4.98 Å². The largest absolute Gasteiger partial charge is 0.381 e. The zero-order valence-electron chi connectivity index (χ0n) is 16.9. The van der Waals surface area contributed by atoms with Crippen LogP contribution >= 0.6 is 0 Å². The van der Waals surface area contributed by atoms with Crippen LogP contribution in [0.3, 0.4) is 0 Å². The Kier molecular flexibility index (Phi) is 6.51. The number of piperidine rings is 1. The van der Waals surface area contributed by atoms with Crippen LogP contribution in [0.4, 0.5) is 0 Å². The molecular weight excluding hydrogens is 372 g/mol. The van der Waals surface area contributed by atoms with E-state index < -0.39 is 0 Å². The predicted molar refractivity (Wildman–Crippen MR) is 105 cm³/mol. The van der Waals surface area contributed by atoms with E-state index in [2.05, 4.69) is 15.1 Å². The van der Waals surface area contributed by atoms with Gasteiger partial charge in [-0.05, 0) is 44.2 Å². The first-order valence-electron chi connectivity index (χ1n) is 10.4. The molecule has 4 heterocycles. The van der Waals surface area contributed by atoms with Gasteiger partial charge in [0, 0.05) is 51.0 Å². The van der Waals surface area contributed by atoms with Crippen LogP contribution in [0, 0.1) is 6.92 Å². The van der Waals surface area contributed by atoms with E-state index in [1.54, 1.807) is 12.4 Å². The molecule has 2 aromatic heterocycles. The number of carbonyl (C=O) groups is 1. The van der Waals surface area contributed by atoms with Gasteiger partial charge in [0.1, 0.15) is 0 Å². The van der Waals surface area contributed by atoms with Gasteiger partial charge in [0.15, 0.2) is 5.82 Å². The van der Waals surface area contributed by atoms with Crippen LogP contribution in [0.5, 0.6) is 0 Å². The van der Waals surface area contributed by atoms with Crippen LogP contribution in [0.2, 0.25) is 0 Å². The molecule has 4 rings (SSSR count). The normalized spacial score (nSPS) is 20.7. The van der Waals surface area contributed by atoms with Crippen molar-refractivity contribution in [2.24, 2.45) is 0 Å². The quantitative estimate of drug-likeness (QED) is 0.736. The van der Waals surface area contributed by atoms with Gasteiger partial charge in [-0.3, -0.25) is 9.78 Å². The summed E-state index contributed by atoms with van der Waals surface area (Å²) in [7, 11) is 0. The smallest absolute Gasteiger partial charge is 0.255 e. The van der Waals surface area contributed by atoms with Crippen molar-refractivity contribution >= 4 is 5.91 Å². The van der Waals surface area contributed by atoms with Gasteiger partial charge in [0.25, 0.3) is 5.91 Å². The highest BCUT2D eigenvalue weighted by Crippen LogP contribution is 2.25. The van der Waals surface area contributed by atoms with Crippen LogP contribution < -0.4 is 0 Å². The monoisotopic (exact) mass is 400 g/mol. The first-order chi connectivity index (χ1) is 14.2. The zero-order valence-corrected chi connectivity index (χ0v) is 16.9. The average Bonchev–Trinajstić information content (AvgIpc) is 3.23. The van der Waals surface area contributed by atoms with Crippen molar-refractivity contribution in [1.29, 1.82) is 0 Å². The number of rotatable bonds is 6. The Morgan fingerprint density at radius 3 is 2.97 bits per heavy atom. The number of hydrogen-bond donors (Lipinski definition) is 0. The van der Waals surface area contributed by atoms with Crippen molar-refractivity contribution in [1.82, 2.24) is 20.0 Å². The summed E-state index contributed by atoms with van der Waals surface area (Å²) < 4.78 is 16.8. The number of hydrogen-bond acceptors (Lipinski definition) is 7. The summed E-state index contributed by atoms with van der Waals surface area (Å²) in [4.78, 5) is 23.3. The molecule has 1 amide bonds. The Hall–Kier alpha value is -2.32. The number of carbonyl (C=O) groups excluding carboxylic acids is 1.